The van der Waals surface area contributed by atoms with Crippen molar-refractivity contribution in [3.63, 3.8) is 0 Å². The molecule has 7 heteroatoms. The van der Waals surface area contributed by atoms with Gasteiger partial charge >= 0.3 is 0 Å². The topological polar surface area (TPSA) is 43.4 Å². The monoisotopic (exact) mass is 380 g/mol. The largest absolute Gasteiger partial charge is 0.497 e. The molecule has 24 heavy (non-hydrogen) atoms. The van der Waals surface area contributed by atoms with Crippen molar-refractivity contribution in [3.8, 4) is 22.8 Å². The Balaban J connectivity index is 1.86. The number of benzene rings is 2. The molecule has 0 radical (unpaired) electrons. The predicted octanol–water partition coefficient (Wildman–Crippen LogP) is 5.88. The molecular weight excluding hydrogens is 367 g/mol. The zero-order valence-electron chi connectivity index (χ0n) is 13.0. The van der Waals surface area contributed by atoms with Crippen molar-refractivity contribution in [1.29, 1.82) is 0 Å². The average Bonchev–Trinajstić information content (AvgIpc) is 3.05. The van der Waals surface area contributed by atoms with Gasteiger partial charge in [0.25, 0.3) is 0 Å². The quantitative estimate of drug-likeness (QED) is 0.600. The van der Waals surface area contributed by atoms with E-state index in [0.717, 1.165) is 27.8 Å². The molecular formula is C17H14Cl2N2O2S. The molecule has 0 amide bonds. The lowest BCUT2D eigenvalue weighted by atomic mass is 10.1. The van der Waals surface area contributed by atoms with Gasteiger partial charge in [-0.15, -0.1) is 11.3 Å². The molecule has 4 nitrogen and oxygen atoms in total. The van der Waals surface area contributed by atoms with Crippen molar-refractivity contribution in [2.75, 3.05) is 19.5 Å². The summed E-state index contributed by atoms with van der Waals surface area (Å²) in [6, 6.07) is 11.0. The lowest BCUT2D eigenvalue weighted by Gasteiger charge is -2.08. The van der Waals surface area contributed by atoms with Gasteiger partial charge in [0.05, 0.1) is 30.0 Å². The molecule has 1 heterocycles. The number of hydrogen-bond acceptors (Lipinski definition) is 5. The van der Waals surface area contributed by atoms with E-state index in [1.807, 2.05) is 29.6 Å². The Morgan fingerprint density at radius 3 is 2.54 bits per heavy atom. The molecule has 3 rings (SSSR count). The number of nitrogens with zero attached hydrogens (tertiary/aromatic N) is 1. The maximum atomic E-state index is 6.03. The summed E-state index contributed by atoms with van der Waals surface area (Å²) in [6.07, 6.45) is 0. The smallest absolute Gasteiger partial charge is 0.187 e. The Labute approximate surface area is 154 Å². The molecule has 2 aromatic carbocycles. The third-order valence-corrected chi connectivity index (χ3v) is 4.86. The molecule has 0 saturated carbocycles. The van der Waals surface area contributed by atoms with E-state index in [1.54, 1.807) is 26.4 Å². The highest BCUT2D eigenvalue weighted by Gasteiger charge is 2.11. The van der Waals surface area contributed by atoms with Crippen molar-refractivity contribution in [1.82, 2.24) is 4.98 Å². The first-order chi connectivity index (χ1) is 11.6. The van der Waals surface area contributed by atoms with E-state index in [2.05, 4.69) is 10.3 Å². The number of nitrogens with one attached hydrogen (secondary N) is 1. The minimum atomic E-state index is 0.496. The molecule has 3 aromatic rings. The van der Waals surface area contributed by atoms with Gasteiger partial charge in [-0.2, -0.15) is 0 Å². The van der Waals surface area contributed by atoms with Crippen LogP contribution in [-0.2, 0) is 0 Å². The number of hydrogen-bond donors (Lipinski definition) is 1. The van der Waals surface area contributed by atoms with E-state index in [0.29, 0.717) is 15.8 Å². The highest BCUT2D eigenvalue weighted by Crippen LogP contribution is 2.36. The van der Waals surface area contributed by atoms with Gasteiger partial charge in [0, 0.05) is 22.7 Å². The SMILES string of the molecule is COc1ccc(-c2csc(Nc3ccc(Cl)c(Cl)c3)n2)c(OC)c1. The van der Waals surface area contributed by atoms with Crippen LogP contribution < -0.4 is 14.8 Å². The molecule has 0 aliphatic heterocycles. The molecule has 0 fully saturated rings. The summed E-state index contributed by atoms with van der Waals surface area (Å²) in [5.41, 5.74) is 2.55. The number of ether oxygens (including phenoxy) is 2. The van der Waals surface area contributed by atoms with Crippen LogP contribution >= 0.6 is 34.5 Å². The summed E-state index contributed by atoms with van der Waals surface area (Å²) in [4.78, 5) is 4.60. The van der Waals surface area contributed by atoms with Gasteiger partial charge in [0.1, 0.15) is 11.5 Å². The van der Waals surface area contributed by atoms with Crippen molar-refractivity contribution < 1.29 is 9.47 Å². The van der Waals surface area contributed by atoms with Crippen LogP contribution in [0.5, 0.6) is 11.5 Å². The second-order valence-corrected chi connectivity index (χ2v) is 6.53. The summed E-state index contributed by atoms with van der Waals surface area (Å²) in [5.74, 6) is 1.45. The van der Waals surface area contributed by atoms with Gasteiger partial charge in [-0.1, -0.05) is 23.2 Å². The zero-order valence-corrected chi connectivity index (χ0v) is 15.3. The van der Waals surface area contributed by atoms with E-state index < -0.39 is 0 Å². The standard InChI is InChI=1S/C17H14Cl2N2O2S/c1-22-11-4-5-12(16(8-11)23-2)15-9-24-17(21-15)20-10-3-6-13(18)14(19)7-10/h3-9H,1-2H3,(H,20,21). The summed E-state index contributed by atoms with van der Waals surface area (Å²) in [7, 11) is 3.25. The van der Waals surface area contributed by atoms with Crippen molar-refractivity contribution in [3.05, 3.63) is 51.8 Å². The number of thiazole rings is 1. The lowest BCUT2D eigenvalue weighted by Crippen LogP contribution is -1.92. The predicted molar refractivity (Wildman–Crippen MR) is 100 cm³/mol. The fourth-order valence-corrected chi connectivity index (χ4v) is 3.19. The average molecular weight is 381 g/mol. The van der Waals surface area contributed by atoms with Gasteiger partial charge < -0.3 is 14.8 Å². The summed E-state index contributed by atoms with van der Waals surface area (Å²) in [6.45, 7) is 0. The Morgan fingerprint density at radius 2 is 1.83 bits per heavy atom. The maximum Gasteiger partial charge on any atom is 0.187 e. The van der Waals surface area contributed by atoms with Crippen molar-refractivity contribution in [2.24, 2.45) is 0 Å². The molecule has 0 atom stereocenters. The van der Waals surface area contributed by atoms with E-state index in [-0.39, 0.29) is 0 Å². The number of anilines is 2. The third kappa shape index (κ3) is 3.59. The van der Waals surface area contributed by atoms with Crippen molar-refractivity contribution >= 4 is 45.4 Å². The zero-order chi connectivity index (χ0) is 17.1. The van der Waals surface area contributed by atoms with E-state index in [4.69, 9.17) is 32.7 Å². The fraction of sp³-hybridized carbons (Fsp3) is 0.118. The van der Waals surface area contributed by atoms with Crippen molar-refractivity contribution in [2.45, 2.75) is 0 Å². The number of halogens is 2. The normalized spacial score (nSPS) is 10.5. The molecule has 1 N–H and O–H groups in total. The minimum Gasteiger partial charge on any atom is -0.497 e. The highest BCUT2D eigenvalue weighted by atomic mass is 35.5. The van der Waals surface area contributed by atoms with Gasteiger partial charge in [0.15, 0.2) is 5.13 Å². The van der Waals surface area contributed by atoms with Crippen LogP contribution in [-0.4, -0.2) is 19.2 Å². The van der Waals surface area contributed by atoms with Gasteiger partial charge in [-0.25, -0.2) is 4.98 Å². The van der Waals surface area contributed by atoms with Crippen LogP contribution in [0.15, 0.2) is 41.8 Å². The molecule has 0 bridgehead atoms. The minimum absolute atomic E-state index is 0.496. The second-order valence-electron chi connectivity index (χ2n) is 4.86. The van der Waals surface area contributed by atoms with Gasteiger partial charge in [0.2, 0.25) is 0 Å². The first kappa shape index (κ1) is 16.9. The van der Waals surface area contributed by atoms with Crippen LogP contribution in [0.3, 0.4) is 0 Å². The third-order valence-electron chi connectivity index (χ3n) is 3.36. The molecule has 0 unspecified atom stereocenters. The molecule has 0 saturated heterocycles. The highest BCUT2D eigenvalue weighted by molar-refractivity contribution is 7.14. The molecule has 0 spiro atoms. The van der Waals surface area contributed by atoms with E-state index in [1.165, 1.54) is 11.3 Å². The Kier molecular flexibility index (Phi) is 5.14. The molecule has 0 aliphatic carbocycles. The first-order valence-electron chi connectivity index (χ1n) is 7.00. The number of rotatable bonds is 5. The maximum absolute atomic E-state index is 6.03. The van der Waals surface area contributed by atoms with E-state index in [9.17, 15) is 0 Å². The summed E-state index contributed by atoms with van der Waals surface area (Å²) < 4.78 is 10.6. The Hall–Kier alpha value is -1.95. The van der Waals surface area contributed by atoms with Crippen LogP contribution in [0.4, 0.5) is 10.8 Å². The number of methoxy groups -OCH3 is 2. The molecule has 124 valence electrons. The first-order valence-corrected chi connectivity index (χ1v) is 8.64. The molecule has 1 aromatic heterocycles. The number of aromatic nitrogens is 1. The van der Waals surface area contributed by atoms with Gasteiger partial charge in [-0.3, -0.25) is 0 Å². The van der Waals surface area contributed by atoms with Crippen LogP contribution in [0.25, 0.3) is 11.3 Å². The molecule has 0 aliphatic rings. The lowest BCUT2D eigenvalue weighted by molar-refractivity contribution is 0.395. The Bertz CT molecular complexity index is 868. The van der Waals surface area contributed by atoms with E-state index >= 15 is 0 Å². The second kappa shape index (κ2) is 7.30. The van der Waals surface area contributed by atoms with Crippen LogP contribution in [0, 0.1) is 0 Å². The summed E-state index contributed by atoms with van der Waals surface area (Å²) in [5, 5.41) is 6.95. The fourth-order valence-electron chi connectivity index (χ4n) is 2.16. The Morgan fingerprint density at radius 1 is 1.00 bits per heavy atom. The summed E-state index contributed by atoms with van der Waals surface area (Å²) >= 11 is 13.5. The van der Waals surface area contributed by atoms with Crippen LogP contribution in [0.1, 0.15) is 0 Å². The van der Waals surface area contributed by atoms with Crippen LogP contribution in [0.2, 0.25) is 10.0 Å². The van der Waals surface area contributed by atoms with Gasteiger partial charge in [-0.05, 0) is 30.3 Å².